The van der Waals surface area contributed by atoms with Gasteiger partial charge in [-0.15, -0.1) is 0 Å². The van der Waals surface area contributed by atoms with E-state index in [1.165, 1.54) is 44.9 Å². The largest absolute Gasteiger partial charge is 0.0622 e. The van der Waals surface area contributed by atoms with Crippen molar-refractivity contribution in [2.24, 2.45) is 5.92 Å². The van der Waals surface area contributed by atoms with Gasteiger partial charge in [0.05, 0.1) is 0 Å². The van der Waals surface area contributed by atoms with Gasteiger partial charge in [-0.2, -0.15) is 0 Å². The van der Waals surface area contributed by atoms with Gasteiger partial charge in [0.25, 0.3) is 0 Å². The number of benzene rings is 3. The molecule has 29 heavy (non-hydrogen) atoms. The molecule has 0 N–H and O–H groups in total. The second-order valence-electron chi connectivity index (χ2n) is 9.59. The lowest BCUT2D eigenvalue weighted by molar-refractivity contribution is 0.364. The molecule has 4 atom stereocenters. The molecule has 0 amide bonds. The van der Waals surface area contributed by atoms with E-state index in [0.717, 1.165) is 11.8 Å². The number of fused-ring (bicyclic) bond motifs is 4. The molecule has 3 aromatic rings. The zero-order valence-corrected chi connectivity index (χ0v) is 17.2. The Labute approximate surface area is 175 Å². The highest BCUT2D eigenvalue weighted by atomic mass is 14.5. The zero-order valence-electron chi connectivity index (χ0n) is 17.2. The molecular weight excluding hydrogens is 348 g/mol. The van der Waals surface area contributed by atoms with Crippen molar-refractivity contribution in [3.8, 4) is 0 Å². The summed E-state index contributed by atoms with van der Waals surface area (Å²) in [6.45, 7) is 0. The maximum atomic E-state index is 2.58. The minimum Gasteiger partial charge on any atom is -0.0622 e. The summed E-state index contributed by atoms with van der Waals surface area (Å²) in [5.74, 6) is 2.87. The highest BCUT2D eigenvalue weighted by Gasteiger charge is 2.44. The third kappa shape index (κ3) is 3.05. The predicted octanol–water partition coefficient (Wildman–Crippen LogP) is 7.18. The predicted molar refractivity (Wildman–Crippen MR) is 121 cm³/mol. The molecule has 0 nitrogen and oxygen atoms in total. The van der Waals surface area contributed by atoms with E-state index in [2.05, 4.69) is 72.8 Å². The second kappa shape index (κ2) is 7.17. The van der Waals surface area contributed by atoms with Crippen LogP contribution >= 0.6 is 0 Å². The number of rotatable bonds is 2. The Morgan fingerprint density at radius 2 is 1.38 bits per heavy atom. The molecule has 0 bridgehead atoms. The van der Waals surface area contributed by atoms with Gasteiger partial charge in [0.1, 0.15) is 0 Å². The lowest BCUT2D eigenvalue weighted by Gasteiger charge is -2.36. The van der Waals surface area contributed by atoms with Crippen LogP contribution in [0.5, 0.6) is 0 Å². The lowest BCUT2D eigenvalue weighted by atomic mass is 9.68. The van der Waals surface area contributed by atoms with E-state index in [9.17, 15) is 0 Å². The number of hydrogen-bond acceptors (Lipinski definition) is 0. The second-order valence-corrected chi connectivity index (χ2v) is 9.59. The van der Waals surface area contributed by atoms with Crippen molar-refractivity contribution >= 4 is 0 Å². The molecule has 6 rings (SSSR count). The first kappa shape index (κ1) is 17.5. The minimum atomic E-state index is 0.665. The molecule has 0 aromatic heterocycles. The average molecular weight is 379 g/mol. The fourth-order valence-corrected chi connectivity index (χ4v) is 6.69. The van der Waals surface area contributed by atoms with Crippen LogP contribution in [-0.2, 0) is 19.3 Å². The standard InChI is InChI=1S/C29H30/c1-2-9-21(10-3-1)27-17-24-12-6-7-13-26(24)28-18-25(19-29(27)28)23-15-14-20-8-4-5-11-22(20)16-23/h1-3,6-7,9-10,12-16,25,27-29H,4-5,8,11,17-19H2. The van der Waals surface area contributed by atoms with Crippen LogP contribution in [0.2, 0.25) is 0 Å². The molecule has 0 aliphatic heterocycles. The van der Waals surface area contributed by atoms with Gasteiger partial charge in [-0.3, -0.25) is 0 Å². The van der Waals surface area contributed by atoms with Crippen LogP contribution in [0, 0.1) is 5.92 Å². The first-order valence-electron chi connectivity index (χ1n) is 11.6. The number of hydrogen-bond donors (Lipinski definition) is 0. The fourth-order valence-electron chi connectivity index (χ4n) is 6.69. The van der Waals surface area contributed by atoms with Gasteiger partial charge in [0.15, 0.2) is 0 Å². The Hall–Kier alpha value is -2.34. The maximum absolute atomic E-state index is 2.58. The molecular formula is C29H30. The smallest absolute Gasteiger partial charge is 0.00870 e. The maximum Gasteiger partial charge on any atom is -0.00870 e. The van der Waals surface area contributed by atoms with E-state index in [0.29, 0.717) is 11.8 Å². The molecule has 1 fully saturated rings. The van der Waals surface area contributed by atoms with Crippen molar-refractivity contribution in [1.29, 1.82) is 0 Å². The van der Waals surface area contributed by atoms with E-state index in [-0.39, 0.29) is 0 Å². The average Bonchev–Trinajstić information content (AvgIpc) is 3.25. The van der Waals surface area contributed by atoms with Crippen molar-refractivity contribution in [3.05, 3.63) is 106 Å². The molecule has 0 spiro atoms. The molecule has 1 saturated carbocycles. The summed E-state index contributed by atoms with van der Waals surface area (Å²) >= 11 is 0. The quantitative estimate of drug-likeness (QED) is 0.443. The summed E-state index contributed by atoms with van der Waals surface area (Å²) in [4.78, 5) is 0. The topological polar surface area (TPSA) is 0 Å². The van der Waals surface area contributed by atoms with Crippen LogP contribution < -0.4 is 0 Å². The Kier molecular flexibility index (Phi) is 4.33. The van der Waals surface area contributed by atoms with Gasteiger partial charge in [-0.1, -0.05) is 72.8 Å². The highest BCUT2D eigenvalue weighted by molar-refractivity contribution is 5.42. The van der Waals surface area contributed by atoms with Crippen LogP contribution in [0.3, 0.4) is 0 Å². The van der Waals surface area contributed by atoms with Gasteiger partial charge in [0, 0.05) is 0 Å². The van der Waals surface area contributed by atoms with Crippen molar-refractivity contribution in [3.63, 3.8) is 0 Å². The Bertz CT molecular complexity index is 1020. The van der Waals surface area contributed by atoms with E-state index in [1.54, 1.807) is 33.4 Å². The molecule has 3 aromatic carbocycles. The molecule has 0 heteroatoms. The van der Waals surface area contributed by atoms with Gasteiger partial charge >= 0.3 is 0 Å². The summed E-state index contributed by atoms with van der Waals surface area (Å²) in [5, 5.41) is 0. The molecule has 4 unspecified atom stereocenters. The molecule has 3 aliphatic carbocycles. The van der Waals surface area contributed by atoms with Crippen LogP contribution in [0.1, 0.15) is 76.8 Å². The van der Waals surface area contributed by atoms with Crippen LogP contribution in [0.15, 0.2) is 72.8 Å². The highest BCUT2D eigenvalue weighted by Crippen LogP contribution is 2.57. The molecule has 0 saturated heterocycles. The van der Waals surface area contributed by atoms with Crippen LogP contribution in [-0.4, -0.2) is 0 Å². The lowest BCUT2D eigenvalue weighted by Crippen LogP contribution is -2.24. The first-order chi connectivity index (χ1) is 14.4. The zero-order chi connectivity index (χ0) is 19.2. The summed E-state index contributed by atoms with van der Waals surface area (Å²) in [6.07, 6.45) is 9.19. The van der Waals surface area contributed by atoms with Crippen LogP contribution in [0.4, 0.5) is 0 Å². The summed E-state index contributed by atoms with van der Waals surface area (Å²) < 4.78 is 0. The Morgan fingerprint density at radius 1 is 0.586 bits per heavy atom. The third-order valence-electron chi connectivity index (χ3n) is 8.09. The van der Waals surface area contributed by atoms with Crippen molar-refractivity contribution < 1.29 is 0 Å². The normalized spacial score (nSPS) is 27.7. The van der Waals surface area contributed by atoms with Crippen molar-refractivity contribution in [2.45, 2.75) is 62.7 Å². The molecule has 0 heterocycles. The van der Waals surface area contributed by atoms with Gasteiger partial charge < -0.3 is 0 Å². The van der Waals surface area contributed by atoms with Gasteiger partial charge in [-0.25, -0.2) is 0 Å². The molecule has 146 valence electrons. The van der Waals surface area contributed by atoms with Gasteiger partial charge in [-0.05, 0) is 102 Å². The van der Waals surface area contributed by atoms with E-state index in [4.69, 9.17) is 0 Å². The minimum absolute atomic E-state index is 0.665. The first-order valence-corrected chi connectivity index (χ1v) is 11.6. The SMILES string of the molecule is c1ccc(C2Cc3ccccc3C3CC(c4ccc5c(c4)CCCC5)CC23)cc1. The van der Waals surface area contributed by atoms with Crippen molar-refractivity contribution in [2.75, 3.05) is 0 Å². The summed E-state index contributed by atoms with van der Waals surface area (Å²) in [5.41, 5.74) is 9.65. The summed E-state index contributed by atoms with van der Waals surface area (Å²) in [6, 6.07) is 28.1. The monoisotopic (exact) mass is 378 g/mol. The third-order valence-corrected chi connectivity index (χ3v) is 8.09. The Balaban J connectivity index is 1.37. The Morgan fingerprint density at radius 3 is 2.28 bits per heavy atom. The number of aryl methyl sites for hydroxylation is 2. The van der Waals surface area contributed by atoms with E-state index in [1.807, 2.05) is 0 Å². The van der Waals surface area contributed by atoms with Crippen molar-refractivity contribution in [1.82, 2.24) is 0 Å². The fraction of sp³-hybridized carbons (Fsp3) is 0.379. The van der Waals surface area contributed by atoms with E-state index < -0.39 is 0 Å². The molecule has 3 aliphatic rings. The van der Waals surface area contributed by atoms with E-state index >= 15 is 0 Å². The summed E-state index contributed by atoms with van der Waals surface area (Å²) in [7, 11) is 0. The molecule has 0 radical (unpaired) electrons. The van der Waals surface area contributed by atoms with Gasteiger partial charge in [0.2, 0.25) is 0 Å². The van der Waals surface area contributed by atoms with Crippen LogP contribution in [0.25, 0.3) is 0 Å².